The van der Waals surface area contributed by atoms with Gasteiger partial charge in [0.1, 0.15) is 0 Å². The number of nitrogens with one attached hydrogen (secondary N) is 2. The van der Waals surface area contributed by atoms with E-state index in [0.29, 0.717) is 13.1 Å². The van der Waals surface area contributed by atoms with E-state index < -0.39 is 5.60 Å². The third-order valence-corrected chi connectivity index (χ3v) is 3.98. The average molecular weight is 411 g/mol. The molecule has 1 heterocycles. The first-order valence-electron chi connectivity index (χ1n) is 6.89. The number of hydrogen-bond acceptors (Lipinski definition) is 3. The number of aliphatic hydroxyl groups is 1. The zero-order valence-electron chi connectivity index (χ0n) is 12.5. The summed E-state index contributed by atoms with van der Waals surface area (Å²) in [5, 5.41) is 20.8. The van der Waals surface area contributed by atoms with E-state index in [-0.39, 0.29) is 24.0 Å². The van der Waals surface area contributed by atoms with Crippen molar-refractivity contribution in [3.05, 3.63) is 22.4 Å². The summed E-state index contributed by atoms with van der Waals surface area (Å²) in [5.74, 6) is 0.758. The lowest BCUT2D eigenvalue weighted by Crippen LogP contribution is -2.46. The third-order valence-electron chi connectivity index (χ3n) is 3.25. The molecule has 0 amide bonds. The molecular formula is C14H26IN3OS. The Kier molecular flexibility index (Phi) is 10.2. The van der Waals surface area contributed by atoms with Crippen LogP contribution in [0, 0.1) is 0 Å². The lowest BCUT2D eigenvalue weighted by atomic mass is 9.98. The topological polar surface area (TPSA) is 56.7 Å². The standard InChI is InChI=1S/C14H25N3OS.HI/c1-4-14(18,5-2)11-17-13(15-6-3)16-9-12-7-8-19-10-12;/h7-8,10,18H,4-6,9,11H2,1-3H3,(H2,15,16,17);1H. The number of aliphatic imine (C=N–C) groups is 1. The van der Waals surface area contributed by atoms with Crippen molar-refractivity contribution < 1.29 is 5.11 Å². The van der Waals surface area contributed by atoms with Gasteiger partial charge >= 0.3 is 0 Å². The number of rotatable bonds is 7. The molecule has 0 aliphatic rings. The molecule has 0 unspecified atom stereocenters. The Morgan fingerprint density at radius 3 is 2.50 bits per heavy atom. The SMILES string of the molecule is CCNC(=NCc1ccsc1)NCC(O)(CC)CC.I. The van der Waals surface area contributed by atoms with Gasteiger partial charge in [-0.1, -0.05) is 13.8 Å². The second-order valence-electron chi connectivity index (χ2n) is 4.61. The first kappa shape index (κ1) is 19.7. The van der Waals surface area contributed by atoms with Crippen molar-refractivity contribution in [3.63, 3.8) is 0 Å². The van der Waals surface area contributed by atoms with Crippen LogP contribution < -0.4 is 10.6 Å². The predicted octanol–water partition coefficient (Wildman–Crippen LogP) is 2.97. The van der Waals surface area contributed by atoms with Crippen LogP contribution in [0.4, 0.5) is 0 Å². The normalized spacial score (nSPS) is 11.9. The molecule has 20 heavy (non-hydrogen) atoms. The van der Waals surface area contributed by atoms with Gasteiger partial charge in [0.25, 0.3) is 0 Å². The highest BCUT2D eigenvalue weighted by Crippen LogP contribution is 2.12. The summed E-state index contributed by atoms with van der Waals surface area (Å²) in [7, 11) is 0. The van der Waals surface area contributed by atoms with Gasteiger partial charge in [-0.25, -0.2) is 4.99 Å². The van der Waals surface area contributed by atoms with Crippen LogP contribution in [0.15, 0.2) is 21.8 Å². The van der Waals surface area contributed by atoms with Gasteiger partial charge in [-0.15, -0.1) is 24.0 Å². The van der Waals surface area contributed by atoms with Gasteiger partial charge < -0.3 is 15.7 Å². The van der Waals surface area contributed by atoms with Crippen LogP contribution >= 0.6 is 35.3 Å². The van der Waals surface area contributed by atoms with Gasteiger partial charge in [-0.2, -0.15) is 11.3 Å². The molecule has 1 aromatic heterocycles. The van der Waals surface area contributed by atoms with Crippen molar-refractivity contribution in [2.75, 3.05) is 13.1 Å². The van der Waals surface area contributed by atoms with Crippen LogP contribution in [0.1, 0.15) is 39.2 Å². The largest absolute Gasteiger partial charge is 0.388 e. The lowest BCUT2D eigenvalue weighted by molar-refractivity contribution is 0.0367. The van der Waals surface area contributed by atoms with Crippen LogP contribution in [0.3, 0.4) is 0 Å². The molecule has 0 saturated heterocycles. The molecule has 1 aromatic rings. The van der Waals surface area contributed by atoms with E-state index in [0.717, 1.165) is 25.3 Å². The quantitative estimate of drug-likeness (QED) is 0.367. The predicted molar refractivity (Wildman–Crippen MR) is 98.1 cm³/mol. The average Bonchev–Trinajstić information content (AvgIpc) is 2.95. The maximum Gasteiger partial charge on any atom is 0.191 e. The first-order chi connectivity index (χ1) is 9.13. The smallest absolute Gasteiger partial charge is 0.191 e. The first-order valence-corrected chi connectivity index (χ1v) is 7.83. The van der Waals surface area contributed by atoms with Gasteiger partial charge in [0.05, 0.1) is 12.1 Å². The molecule has 0 bridgehead atoms. The van der Waals surface area contributed by atoms with Crippen LogP contribution in [0.25, 0.3) is 0 Å². The lowest BCUT2D eigenvalue weighted by Gasteiger charge is -2.26. The van der Waals surface area contributed by atoms with Crippen molar-refractivity contribution >= 4 is 41.3 Å². The second kappa shape index (κ2) is 10.4. The molecule has 6 heteroatoms. The molecule has 4 nitrogen and oxygen atoms in total. The molecule has 0 spiro atoms. The van der Waals surface area contributed by atoms with E-state index >= 15 is 0 Å². The van der Waals surface area contributed by atoms with Gasteiger partial charge in [0, 0.05) is 13.1 Å². The Morgan fingerprint density at radius 1 is 1.30 bits per heavy atom. The van der Waals surface area contributed by atoms with Crippen LogP contribution in [0.5, 0.6) is 0 Å². The molecule has 0 aliphatic heterocycles. The highest BCUT2D eigenvalue weighted by Gasteiger charge is 2.22. The van der Waals surface area contributed by atoms with Crippen molar-refractivity contribution in [1.29, 1.82) is 0 Å². The minimum Gasteiger partial charge on any atom is -0.388 e. The van der Waals surface area contributed by atoms with E-state index in [9.17, 15) is 5.11 Å². The van der Waals surface area contributed by atoms with E-state index in [1.54, 1.807) is 11.3 Å². The number of thiophene rings is 1. The number of halogens is 1. The van der Waals surface area contributed by atoms with Crippen LogP contribution in [0.2, 0.25) is 0 Å². The molecule has 0 aliphatic carbocycles. The zero-order valence-corrected chi connectivity index (χ0v) is 15.6. The highest BCUT2D eigenvalue weighted by molar-refractivity contribution is 14.0. The maximum absolute atomic E-state index is 10.3. The van der Waals surface area contributed by atoms with E-state index in [1.807, 2.05) is 20.8 Å². The molecule has 0 fully saturated rings. The minimum atomic E-state index is -0.654. The van der Waals surface area contributed by atoms with Gasteiger partial charge in [-0.3, -0.25) is 0 Å². The van der Waals surface area contributed by atoms with Gasteiger partial charge in [-0.05, 0) is 42.2 Å². The Balaban J connectivity index is 0.00000361. The fraction of sp³-hybridized carbons (Fsp3) is 0.643. The zero-order chi connectivity index (χ0) is 14.1. The van der Waals surface area contributed by atoms with E-state index in [1.165, 1.54) is 5.56 Å². The summed E-state index contributed by atoms with van der Waals surface area (Å²) in [5.41, 5.74) is 0.557. The molecule has 0 radical (unpaired) electrons. The van der Waals surface area contributed by atoms with E-state index in [2.05, 4.69) is 32.5 Å². The van der Waals surface area contributed by atoms with Crippen molar-refractivity contribution in [2.24, 2.45) is 4.99 Å². The fourth-order valence-electron chi connectivity index (χ4n) is 1.64. The van der Waals surface area contributed by atoms with Crippen molar-refractivity contribution in [3.8, 4) is 0 Å². The fourth-order valence-corrected chi connectivity index (χ4v) is 2.30. The van der Waals surface area contributed by atoms with Crippen LogP contribution in [-0.2, 0) is 6.54 Å². The summed E-state index contributed by atoms with van der Waals surface area (Å²) in [6.07, 6.45) is 1.47. The maximum atomic E-state index is 10.3. The number of nitrogens with zero attached hydrogens (tertiary/aromatic N) is 1. The molecule has 0 saturated carbocycles. The van der Waals surface area contributed by atoms with Gasteiger partial charge in [0.15, 0.2) is 5.96 Å². The summed E-state index contributed by atoms with van der Waals surface area (Å²) in [6.45, 7) is 8.03. The summed E-state index contributed by atoms with van der Waals surface area (Å²) < 4.78 is 0. The minimum absolute atomic E-state index is 0. The molecule has 0 aromatic carbocycles. The summed E-state index contributed by atoms with van der Waals surface area (Å²) in [4.78, 5) is 4.52. The Hall–Kier alpha value is -0.340. The Morgan fingerprint density at radius 2 is 2.00 bits per heavy atom. The molecular weight excluding hydrogens is 385 g/mol. The molecule has 0 atom stereocenters. The molecule has 116 valence electrons. The molecule has 3 N–H and O–H groups in total. The van der Waals surface area contributed by atoms with E-state index in [4.69, 9.17) is 0 Å². The van der Waals surface area contributed by atoms with Crippen molar-refractivity contribution in [2.45, 2.75) is 45.8 Å². The summed E-state index contributed by atoms with van der Waals surface area (Å²) >= 11 is 1.68. The monoisotopic (exact) mass is 411 g/mol. The Bertz CT molecular complexity index is 378. The highest BCUT2D eigenvalue weighted by atomic mass is 127. The van der Waals surface area contributed by atoms with Crippen molar-refractivity contribution in [1.82, 2.24) is 10.6 Å². The Labute approximate surface area is 143 Å². The third kappa shape index (κ3) is 6.90. The van der Waals surface area contributed by atoms with Crippen LogP contribution in [-0.4, -0.2) is 29.8 Å². The molecule has 1 rings (SSSR count). The van der Waals surface area contributed by atoms with Gasteiger partial charge in [0.2, 0.25) is 0 Å². The number of guanidine groups is 1. The second-order valence-corrected chi connectivity index (χ2v) is 5.39. The number of hydrogen-bond donors (Lipinski definition) is 3. The summed E-state index contributed by atoms with van der Waals surface area (Å²) in [6, 6.07) is 2.08.